The summed E-state index contributed by atoms with van der Waals surface area (Å²) >= 11 is 0. The average molecular weight is 243 g/mol. The Balaban J connectivity index is 3.10. The van der Waals surface area contributed by atoms with Crippen molar-refractivity contribution < 1.29 is 13.9 Å². The van der Waals surface area contributed by atoms with E-state index in [2.05, 4.69) is 0 Å². The molecular formula is C13H19F2NO. The lowest BCUT2D eigenvalue weighted by atomic mass is 9.78. The summed E-state index contributed by atoms with van der Waals surface area (Å²) in [6, 6.07) is 3.33. The van der Waals surface area contributed by atoms with Crippen molar-refractivity contribution in [1.82, 2.24) is 0 Å². The van der Waals surface area contributed by atoms with Crippen molar-refractivity contribution in [2.24, 2.45) is 11.1 Å². The smallest absolute Gasteiger partial charge is 0.129 e. The van der Waals surface area contributed by atoms with Crippen LogP contribution in [0.4, 0.5) is 8.78 Å². The Morgan fingerprint density at radius 1 is 1.29 bits per heavy atom. The summed E-state index contributed by atoms with van der Waals surface area (Å²) in [5.41, 5.74) is 5.44. The molecule has 0 saturated carbocycles. The van der Waals surface area contributed by atoms with Gasteiger partial charge in [0, 0.05) is 18.5 Å². The number of rotatable bonds is 3. The van der Waals surface area contributed by atoms with E-state index in [9.17, 15) is 13.9 Å². The van der Waals surface area contributed by atoms with Crippen molar-refractivity contribution in [1.29, 1.82) is 0 Å². The maximum absolute atomic E-state index is 13.6. The first-order valence-electron chi connectivity index (χ1n) is 5.60. The minimum Gasteiger partial charge on any atom is -0.392 e. The minimum absolute atomic E-state index is 0.112. The molecule has 4 heteroatoms. The molecular weight excluding hydrogens is 224 g/mol. The van der Waals surface area contributed by atoms with Crippen molar-refractivity contribution in [2.75, 3.05) is 6.54 Å². The van der Waals surface area contributed by atoms with E-state index in [0.29, 0.717) is 0 Å². The molecule has 0 aliphatic carbocycles. The zero-order valence-corrected chi connectivity index (χ0v) is 10.4. The monoisotopic (exact) mass is 243 g/mol. The third kappa shape index (κ3) is 3.23. The van der Waals surface area contributed by atoms with Gasteiger partial charge in [-0.3, -0.25) is 0 Å². The molecule has 3 N–H and O–H groups in total. The van der Waals surface area contributed by atoms with Crippen LogP contribution >= 0.6 is 0 Å². The number of nitrogens with two attached hydrogens (primary N) is 1. The SMILES string of the molecule is CC(C)(C)C(O)C(CN)c1ccc(F)cc1F. The average Bonchev–Trinajstić information content (AvgIpc) is 2.20. The summed E-state index contributed by atoms with van der Waals surface area (Å²) < 4.78 is 26.4. The van der Waals surface area contributed by atoms with Crippen LogP contribution in [0.3, 0.4) is 0 Å². The van der Waals surface area contributed by atoms with Crippen LogP contribution in [0.15, 0.2) is 18.2 Å². The standard InChI is InChI=1S/C13H19F2NO/c1-13(2,3)12(17)10(7-16)9-5-4-8(14)6-11(9)15/h4-6,10,12,17H,7,16H2,1-3H3. The summed E-state index contributed by atoms with van der Waals surface area (Å²) in [7, 11) is 0. The lowest BCUT2D eigenvalue weighted by Crippen LogP contribution is -2.36. The van der Waals surface area contributed by atoms with E-state index in [1.807, 2.05) is 20.8 Å². The van der Waals surface area contributed by atoms with Crippen molar-refractivity contribution >= 4 is 0 Å². The highest BCUT2D eigenvalue weighted by Crippen LogP contribution is 2.32. The molecule has 0 spiro atoms. The van der Waals surface area contributed by atoms with Gasteiger partial charge in [-0.2, -0.15) is 0 Å². The molecule has 2 unspecified atom stereocenters. The maximum Gasteiger partial charge on any atom is 0.129 e. The van der Waals surface area contributed by atoms with Crippen LogP contribution in [0.1, 0.15) is 32.3 Å². The van der Waals surface area contributed by atoms with E-state index < -0.39 is 29.1 Å². The summed E-state index contributed by atoms with van der Waals surface area (Å²) in [5.74, 6) is -1.83. The molecule has 1 aromatic rings. The summed E-state index contributed by atoms with van der Waals surface area (Å²) in [6.45, 7) is 5.66. The number of hydrogen-bond acceptors (Lipinski definition) is 2. The molecule has 0 aliphatic heterocycles. The summed E-state index contributed by atoms with van der Waals surface area (Å²) in [4.78, 5) is 0. The van der Waals surface area contributed by atoms with Crippen LogP contribution in [-0.4, -0.2) is 17.8 Å². The van der Waals surface area contributed by atoms with Crippen molar-refractivity contribution in [3.05, 3.63) is 35.4 Å². The Hall–Kier alpha value is -1.00. The Morgan fingerprint density at radius 3 is 2.29 bits per heavy atom. The number of benzene rings is 1. The highest BCUT2D eigenvalue weighted by atomic mass is 19.1. The van der Waals surface area contributed by atoms with Gasteiger partial charge in [0.1, 0.15) is 11.6 Å². The molecule has 2 atom stereocenters. The fraction of sp³-hybridized carbons (Fsp3) is 0.538. The molecule has 0 radical (unpaired) electrons. The van der Waals surface area contributed by atoms with E-state index in [1.165, 1.54) is 12.1 Å². The van der Waals surface area contributed by atoms with Gasteiger partial charge < -0.3 is 10.8 Å². The Labute approximate surface area is 100 Å². The second-order valence-corrected chi connectivity index (χ2v) is 5.32. The zero-order chi connectivity index (χ0) is 13.2. The highest BCUT2D eigenvalue weighted by molar-refractivity contribution is 5.24. The van der Waals surface area contributed by atoms with Gasteiger partial charge >= 0.3 is 0 Å². The van der Waals surface area contributed by atoms with Crippen LogP contribution in [0.2, 0.25) is 0 Å². The van der Waals surface area contributed by atoms with Gasteiger partial charge in [0.2, 0.25) is 0 Å². The van der Waals surface area contributed by atoms with Crippen molar-refractivity contribution in [2.45, 2.75) is 32.8 Å². The lowest BCUT2D eigenvalue weighted by Gasteiger charge is -2.32. The lowest BCUT2D eigenvalue weighted by molar-refractivity contribution is 0.0398. The summed E-state index contributed by atoms with van der Waals surface area (Å²) in [5, 5.41) is 10.2. The van der Waals surface area contributed by atoms with E-state index in [-0.39, 0.29) is 12.1 Å². The van der Waals surface area contributed by atoms with Crippen LogP contribution in [0.5, 0.6) is 0 Å². The van der Waals surface area contributed by atoms with Crippen LogP contribution in [0, 0.1) is 17.0 Å². The predicted octanol–water partition coefficient (Wildman–Crippen LogP) is 2.41. The highest BCUT2D eigenvalue weighted by Gasteiger charge is 2.32. The minimum atomic E-state index is -0.785. The molecule has 96 valence electrons. The third-order valence-electron chi connectivity index (χ3n) is 2.88. The fourth-order valence-corrected chi connectivity index (χ4v) is 1.83. The Bertz CT molecular complexity index is 387. The molecule has 1 aromatic carbocycles. The van der Waals surface area contributed by atoms with Crippen LogP contribution in [0.25, 0.3) is 0 Å². The molecule has 1 rings (SSSR count). The molecule has 0 aromatic heterocycles. The number of hydrogen-bond donors (Lipinski definition) is 2. The topological polar surface area (TPSA) is 46.2 Å². The van der Waals surface area contributed by atoms with E-state index >= 15 is 0 Å². The predicted molar refractivity (Wildman–Crippen MR) is 63.6 cm³/mol. The summed E-state index contributed by atoms with van der Waals surface area (Å²) in [6.07, 6.45) is -0.785. The molecule has 0 bridgehead atoms. The van der Waals surface area contributed by atoms with Crippen molar-refractivity contribution in [3.63, 3.8) is 0 Å². The van der Waals surface area contributed by atoms with E-state index in [4.69, 9.17) is 5.73 Å². The van der Waals surface area contributed by atoms with Gasteiger partial charge in [-0.25, -0.2) is 8.78 Å². The largest absolute Gasteiger partial charge is 0.392 e. The fourth-order valence-electron chi connectivity index (χ4n) is 1.83. The zero-order valence-electron chi connectivity index (χ0n) is 10.4. The number of aliphatic hydroxyl groups excluding tert-OH is 1. The van der Waals surface area contributed by atoms with Gasteiger partial charge in [0.25, 0.3) is 0 Å². The molecule has 2 nitrogen and oxygen atoms in total. The first-order chi connectivity index (χ1) is 7.77. The number of aliphatic hydroxyl groups is 1. The molecule has 0 amide bonds. The molecule has 0 fully saturated rings. The first-order valence-corrected chi connectivity index (χ1v) is 5.60. The maximum atomic E-state index is 13.6. The Morgan fingerprint density at radius 2 is 1.88 bits per heavy atom. The van der Waals surface area contributed by atoms with Gasteiger partial charge in [-0.05, 0) is 17.0 Å². The van der Waals surface area contributed by atoms with E-state index in [1.54, 1.807) is 0 Å². The molecule has 17 heavy (non-hydrogen) atoms. The molecule has 0 saturated heterocycles. The van der Waals surface area contributed by atoms with Crippen LogP contribution < -0.4 is 5.73 Å². The number of halogens is 2. The van der Waals surface area contributed by atoms with Gasteiger partial charge in [0.15, 0.2) is 0 Å². The molecule has 0 aliphatic rings. The van der Waals surface area contributed by atoms with Gasteiger partial charge in [-0.15, -0.1) is 0 Å². The normalized spacial score (nSPS) is 15.7. The first kappa shape index (κ1) is 14.1. The molecule has 0 heterocycles. The third-order valence-corrected chi connectivity index (χ3v) is 2.88. The van der Waals surface area contributed by atoms with E-state index in [0.717, 1.165) is 6.07 Å². The van der Waals surface area contributed by atoms with Gasteiger partial charge in [0.05, 0.1) is 6.10 Å². The van der Waals surface area contributed by atoms with Crippen LogP contribution in [-0.2, 0) is 0 Å². The Kier molecular flexibility index (Phi) is 4.22. The quantitative estimate of drug-likeness (QED) is 0.856. The second-order valence-electron chi connectivity index (χ2n) is 5.32. The van der Waals surface area contributed by atoms with Gasteiger partial charge in [-0.1, -0.05) is 26.8 Å². The van der Waals surface area contributed by atoms with Crippen molar-refractivity contribution in [3.8, 4) is 0 Å². The second kappa shape index (κ2) is 5.10.